The molecule has 15 heavy (non-hydrogen) atoms. The summed E-state index contributed by atoms with van der Waals surface area (Å²) < 4.78 is 4.75. The van der Waals surface area contributed by atoms with Crippen LogP contribution in [0, 0.1) is 0 Å². The van der Waals surface area contributed by atoms with E-state index in [0.29, 0.717) is 5.56 Å². The summed E-state index contributed by atoms with van der Waals surface area (Å²) in [5.74, 6) is -0.695. The van der Waals surface area contributed by atoms with Crippen molar-refractivity contribution in [1.29, 1.82) is 0 Å². The molecule has 0 aliphatic carbocycles. The Balaban J connectivity index is 2.31. The third-order valence-corrected chi connectivity index (χ3v) is 2.08. The fraction of sp³-hybridized carbons (Fsp3) is 0.333. The molecule has 1 rings (SSSR count). The first kappa shape index (κ1) is 11.6. The predicted octanol–water partition coefficient (Wildman–Crippen LogP) is 0.183. The summed E-state index contributed by atoms with van der Waals surface area (Å²) in [6, 6.07) is 1.55. The topological polar surface area (TPSA) is 85.3 Å². The molecule has 0 bridgehead atoms. The van der Waals surface area contributed by atoms with Crippen molar-refractivity contribution in [3.63, 3.8) is 0 Å². The van der Waals surface area contributed by atoms with E-state index >= 15 is 0 Å². The van der Waals surface area contributed by atoms with Crippen LogP contribution in [0.15, 0.2) is 23.0 Å². The molecule has 0 aliphatic rings. The third-order valence-electron chi connectivity index (χ3n) is 1.72. The summed E-state index contributed by atoms with van der Waals surface area (Å²) in [6.45, 7) is 0.288. The van der Waals surface area contributed by atoms with Crippen LogP contribution in [0.4, 0.5) is 0 Å². The van der Waals surface area contributed by atoms with Crippen LogP contribution in [0.3, 0.4) is 0 Å². The number of carbonyl (C=O) groups excluding carboxylic acids is 2. The lowest BCUT2D eigenvalue weighted by atomic mass is 10.2. The molecule has 0 spiro atoms. The molecule has 5 nitrogen and oxygen atoms in total. The number of furan rings is 1. The molecule has 1 atom stereocenters. The van der Waals surface area contributed by atoms with Crippen LogP contribution in [0.2, 0.25) is 0 Å². The number of nitrogens with two attached hydrogens (primary N) is 1. The quantitative estimate of drug-likeness (QED) is 0.628. The molecule has 2 amide bonds. The molecule has 1 heterocycles. The predicted molar refractivity (Wildman–Crippen MR) is 57.6 cm³/mol. The lowest BCUT2D eigenvalue weighted by Crippen LogP contribution is -2.31. The Kier molecular flexibility index (Phi) is 4.23. The molecule has 0 saturated heterocycles. The number of nitrogens with one attached hydrogen (secondary N) is 1. The molecule has 0 aliphatic heterocycles. The second-order valence-corrected chi connectivity index (χ2v) is 3.78. The van der Waals surface area contributed by atoms with Gasteiger partial charge in [-0.2, -0.15) is 12.6 Å². The van der Waals surface area contributed by atoms with Crippen LogP contribution in [0.25, 0.3) is 0 Å². The van der Waals surface area contributed by atoms with Gasteiger partial charge in [0, 0.05) is 18.2 Å². The van der Waals surface area contributed by atoms with Crippen molar-refractivity contribution in [3.8, 4) is 0 Å². The summed E-state index contributed by atoms with van der Waals surface area (Å²) in [7, 11) is 0. The Morgan fingerprint density at radius 3 is 2.87 bits per heavy atom. The van der Waals surface area contributed by atoms with E-state index in [0.717, 1.165) is 0 Å². The van der Waals surface area contributed by atoms with E-state index in [-0.39, 0.29) is 24.1 Å². The Morgan fingerprint density at radius 2 is 2.33 bits per heavy atom. The molecule has 6 heteroatoms. The van der Waals surface area contributed by atoms with E-state index in [2.05, 4.69) is 17.9 Å². The molecule has 1 aromatic heterocycles. The van der Waals surface area contributed by atoms with Crippen LogP contribution in [0.5, 0.6) is 0 Å². The molecule has 0 fully saturated rings. The Labute approximate surface area is 92.4 Å². The molecular formula is C9H12N2O3S. The summed E-state index contributed by atoms with van der Waals surface area (Å²) in [5.41, 5.74) is 5.42. The largest absolute Gasteiger partial charge is 0.472 e. The normalized spacial score (nSPS) is 12.1. The van der Waals surface area contributed by atoms with Crippen LogP contribution in [-0.2, 0) is 4.79 Å². The van der Waals surface area contributed by atoms with E-state index in [4.69, 9.17) is 10.2 Å². The van der Waals surface area contributed by atoms with Crippen molar-refractivity contribution >= 4 is 24.4 Å². The smallest absolute Gasteiger partial charge is 0.254 e. The van der Waals surface area contributed by atoms with Gasteiger partial charge in [0.1, 0.15) is 6.26 Å². The van der Waals surface area contributed by atoms with E-state index in [1.165, 1.54) is 12.5 Å². The minimum atomic E-state index is -0.437. The van der Waals surface area contributed by atoms with E-state index in [1.807, 2.05) is 0 Å². The second-order valence-electron chi connectivity index (χ2n) is 3.05. The van der Waals surface area contributed by atoms with Crippen LogP contribution >= 0.6 is 12.6 Å². The summed E-state index contributed by atoms with van der Waals surface area (Å²) in [4.78, 5) is 21.9. The minimum Gasteiger partial charge on any atom is -0.472 e. The zero-order chi connectivity index (χ0) is 11.3. The van der Waals surface area contributed by atoms with Gasteiger partial charge >= 0.3 is 0 Å². The number of hydrogen-bond acceptors (Lipinski definition) is 4. The Morgan fingerprint density at radius 1 is 1.60 bits per heavy atom. The zero-order valence-electron chi connectivity index (χ0n) is 7.97. The van der Waals surface area contributed by atoms with E-state index < -0.39 is 5.91 Å². The highest BCUT2D eigenvalue weighted by molar-refractivity contribution is 7.81. The number of carbonyl (C=O) groups is 2. The van der Waals surface area contributed by atoms with E-state index in [1.54, 1.807) is 6.07 Å². The molecule has 0 aromatic carbocycles. The van der Waals surface area contributed by atoms with Gasteiger partial charge in [0.2, 0.25) is 5.91 Å². The number of primary amides is 1. The van der Waals surface area contributed by atoms with Gasteiger partial charge in [-0.3, -0.25) is 9.59 Å². The van der Waals surface area contributed by atoms with Crippen molar-refractivity contribution in [2.45, 2.75) is 11.7 Å². The van der Waals surface area contributed by atoms with Gasteiger partial charge in [0.25, 0.3) is 5.91 Å². The lowest BCUT2D eigenvalue weighted by molar-refractivity contribution is -0.117. The molecule has 3 N–H and O–H groups in total. The van der Waals surface area contributed by atoms with Gasteiger partial charge in [-0.25, -0.2) is 0 Å². The van der Waals surface area contributed by atoms with Crippen LogP contribution in [-0.4, -0.2) is 23.6 Å². The summed E-state index contributed by atoms with van der Waals surface area (Å²) in [5, 5.41) is 2.34. The van der Waals surface area contributed by atoms with Crippen molar-refractivity contribution in [2.24, 2.45) is 5.73 Å². The second kappa shape index (κ2) is 5.45. The van der Waals surface area contributed by atoms with E-state index in [9.17, 15) is 9.59 Å². The van der Waals surface area contributed by atoms with Gasteiger partial charge < -0.3 is 15.5 Å². The molecule has 0 radical (unpaired) electrons. The Bertz CT molecular complexity index is 337. The number of amides is 2. The summed E-state index contributed by atoms with van der Waals surface area (Å²) >= 11 is 4.10. The number of rotatable bonds is 5. The fourth-order valence-electron chi connectivity index (χ4n) is 1.01. The lowest BCUT2D eigenvalue weighted by Gasteiger charge is -2.08. The first-order valence-corrected chi connectivity index (χ1v) is 4.88. The maximum absolute atomic E-state index is 11.4. The van der Waals surface area contributed by atoms with Gasteiger partial charge in [-0.05, 0) is 6.07 Å². The monoisotopic (exact) mass is 228 g/mol. The minimum absolute atomic E-state index is 0.134. The number of hydrogen-bond donors (Lipinski definition) is 3. The maximum Gasteiger partial charge on any atom is 0.254 e. The standard InChI is InChI=1S/C9H12N2O3S/c10-8(12)3-7(15)4-11-9(13)6-1-2-14-5-6/h1-2,5,7,15H,3-4H2,(H2,10,12)(H,11,13). The molecule has 0 saturated carbocycles. The van der Waals surface area contributed by atoms with Crippen molar-refractivity contribution in [2.75, 3.05) is 6.54 Å². The van der Waals surface area contributed by atoms with Gasteiger partial charge in [-0.1, -0.05) is 0 Å². The molecule has 1 unspecified atom stereocenters. The SMILES string of the molecule is NC(=O)CC(S)CNC(=O)c1ccoc1. The molecular weight excluding hydrogens is 216 g/mol. The highest BCUT2D eigenvalue weighted by atomic mass is 32.1. The van der Waals surface area contributed by atoms with Crippen molar-refractivity contribution in [3.05, 3.63) is 24.2 Å². The highest BCUT2D eigenvalue weighted by Crippen LogP contribution is 2.02. The zero-order valence-corrected chi connectivity index (χ0v) is 8.87. The maximum atomic E-state index is 11.4. The van der Waals surface area contributed by atoms with Gasteiger partial charge in [-0.15, -0.1) is 0 Å². The van der Waals surface area contributed by atoms with Crippen LogP contribution in [0.1, 0.15) is 16.8 Å². The Hall–Kier alpha value is -1.43. The third kappa shape index (κ3) is 4.07. The van der Waals surface area contributed by atoms with Crippen molar-refractivity contribution < 1.29 is 14.0 Å². The fourth-order valence-corrected chi connectivity index (χ4v) is 1.28. The number of thiol groups is 1. The van der Waals surface area contributed by atoms with Gasteiger partial charge in [0.15, 0.2) is 0 Å². The first-order valence-electron chi connectivity index (χ1n) is 4.36. The first-order chi connectivity index (χ1) is 7.09. The average molecular weight is 228 g/mol. The van der Waals surface area contributed by atoms with Gasteiger partial charge in [0.05, 0.1) is 11.8 Å². The summed E-state index contributed by atoms with van der Waals surface area (Å²) in [6.07, 6.45) is 2.89. The highest BCUT2D eigenvalue weighted by Gasteiger charge is 2.10. The molecule has 82 valence electrons. The molecule has 1 aromatic rings. The average Bonchev–Trinajstić information content (AvgIpc) is 2.65. The van der Waals surface area contributed by atoms with Crippen molar-refractivity contribution in [1.82, 2.24) is 5.32 Å². The van der Waals surface area contributed by atoms with Crippen LogP contribution < -0.4 is 11.1 Å².